The van der Waals surface area contributed by atoms with E-state index in [9.17, 15) is 0 Å². The van der Waals surface area contributed by atoms with Gasteiger partial charge in [-0.25, -0.2) is 0 Å². The minimum absolute atomic E-state index is 0.511. The largest absolute Gasteiger partial charge is 0.0999 e. The molecule has 0 aliphatic carbocycles. The molecule has 0 amide bonds. The molecule has 0 aliphatic rings. The average molecular weight is 168 g/mol. The molecule has 0 aromatic rings. The van der Waals surface area contributed by atoms with Gasteiger partial charge in [0.05, 0.1) is 0 Å². The zero-order valence-electron chi connectivity index (χ0n) is 9.24. The van der Waals surface area contributed by atoms with Crippen molar-refractivity contribution in [2.24, 2.45) is 5.41 Å². The molecule has 72 valence electrons. The first kappa shape index (κ1) is 11.7. The second kappa shape index (κ2) is 5.40. The third kappa shape index (κ3) is 5.40. The molecule has 0 heterocycles. The van der Waals surface area contributed by atoms with Crippen LogP contribution >= 0.6 is 0 Å². The molecule has 0 atom stereocenters. The smallest absolute Gasteiger partial charge is 0.0318 e. The summed E-state index contributed by atoms with van der Waals surface area (Å²) in [7, 11) is 0. The van der Waals surface area contributed by atoms with Crippen LogP contribution in [0.2, 0.25) is 0 Å². The van der Waals surface area contributed by atoms with Crippen molar-refractivity contribution in [1.82, 2.24) is 0 Å². The number of hydrogen-bond acceptors (Lipinski definition) is 0. The molecule has 0 saturated carbocycles. The molecule has 0 N–H and O–H groups in total. The Hall–Kier alpha value is -0.260. The van der Waals surface area contributed by atoms with Crippen LogP contribution < -0.4 is 0 Å². The van der Waals surface area contributed by atoms with Crippen molar-refractivity contribution >= 4 is 0 Å². The summed E-state index contributed by atoms with van der Waals surface area (Å²) < 4.78 is 0. The van der Waals surface area contributed by atoms with Gasteiger partial charge in [-0.15, -0.1) is 0 Å². The van der Waals surface area contributed by atoms with Crippen LogP contribution in [0.4, 0.5) is 0 Å². The molecular weight excluding hydrogens is 144 g/mol. The zero-order chi connectivity index (χ0) is 9.61. The minimum atomic E-state index is 0.511. The summed E-state index contributed by atoms with van der Waals surface area (Å²) in [5.41, 5.74) is 1.94. The first-order chi connectivity index (χ1) is 5.52. The van der Waals surface area contributed by atoms with E-state index in [-0.39, 0.29) is 0 Å². The Bertz CT molecular complexity index is 131. The SMILES string of the molecule is C=C(CCC)CCC(C)(C)CC. The van der Waals surface area contributed by atoms with E-state index in [1.54, 1.807) is 0 Å². The Kier molecular flexibility index (Phi) is 5.28. The molecular formula is C12H24. The van der Waals surface area contributed by atoms with Crippen LogP contribution in [0.15, 0.2) is 12.2 Å². The summed E-state index contributed by atoms with van der Waals surface area (Å²) in [5.74, 6) is 0. The highest BCUT2D eigenvalue weighted by atomic mass is 14.2. The topological polar surface area (TPSA) is 0 Å². The van der Waals surface area contributed by atoms with Crippen LogP contribution in [0.25, 0.3) is 0 Å². The van der Waals surface area contributed by atoms with Crippen molar-refractivity contribution < 1.29 is 0 Å². The molecule has 0 heteroatoms. The normalized spacial score (nSPS) is 11.7. The highest BCUT2D eigenvalue weighted by Crippen LogP contribution is 2.28. The van der Waals surface area contributed by atoms with E-state index in [0.717, 1.165) is 0 Å². The summed E-state index contributed by atoms with van der Waals surface area (Å²) in [6, 6.07) is 0. The fraction of sp³-hybridized carbons (Fsp3) is 0.833. The van der Waals surface area contributed by atoms with Gasteiger partial charge in [-0.05, 0) is 24.7 Å². The maximum absolute atomic E-state index is 4.08. The summed E-state index contributed by atoms with van der Waals surface area (Å²) in [5, 5.41) is 0. The molecule has 0 nitrogen and oxygen atoms in total. The van der Waals surface area contributed by atoms with Crippen molar-refractivity contribution in [3.05, 3.63) is 12.2 Å². The summed E-state index contributed by atoms with van der Waals surface area (Å²) in [4.78, 5) is 0. The third-order valence-corrected chi connectivity index (χ3v) is 2.72. The predicted molar refractivity (Wildman–Crippen MR) is 57.4 cm³/mol. The Labute approximate surface area is 78.1 Å². The quantitative estimate of drug-likeness (QED) is 0.510. The Balaban J connectivity index is 3.60. The lowest BCUT2D eigenvalue weighted by Crippen LogP contribution is -2.09. The Morgan fingerprint density at radius 3 is 2.17 bits per heavy atom. The molecule has 0 aromatic heterocycles. The van der Waals surface area contributed by atoms with Gasteiger partial charge in [0.15, 0.2) is 0 Å². The van der Waals surface area contributed by atoms with Gasteiger partial charge in [0.2, 0.25) is 0 Å². The first-order valence-corrected chi connectivity index (χ1v) is 5.18. The maximum atomic E-state index is 4.08. The summed E-state index contributed by atoms with van der Waals surface area (Å²) in [6.07, 6.45) is 6.23. The standard InChI is InChI=1S/C12H24/c1-6-8-11(3)9-10-12(4,5)7-2/h3,6-10H2,1-2,4-5H3. The van der Waals surface area contributed by atoms with Crippen molar-refractivity contribution in [2.45, 2.75) is 59.8 Å². The number of allylic oxidation sites excluding steroid dienone is 1. The van der Waals surface area contributed by atoms with Crippen LogP contribution in [-0.2, 0) is 0 Å². The molecule has 0 saturated heterocycles. The lowest BCUT2D eigenvalue weighted by molar-refractivity contribution is 0.321. The van der Waals surface area contributed by atoms with Crippen molar-refractivity contribution in [1.29, 1.82) is 0 Å². The van der Waals surface area contributed by atoms with Crippen LogP contribution in [0.1, 0.15) is 59.8 Å². The molecule has 12 heavy (non-hydrogen) atoms. The monoisotopic (exact) mass is 168 g/mol. The Morgan fingerprint density at radius 1 is 1.17 bits per heavy atom. The number of rotatable bonds is 6. The molecule has 0 radical (unpaired) electrons. The first-order valence-electron chi connectivity index (χ1n) is 5.18. The van der Waals surface area contributed by atoms with E-state index in [4.69, 9.17) is 0 Å². The summed E-state index contributed by atoms with van der Waals surface area (Å²) in [6.45, 7) is 13.2. The second-order valence-corrected chi connectivity index (χ2v) is 4.52. The fourth-order valence-electron chi connectivity index (χ4n) is 1.17. The molecule has 0 unspecified atom stereocenters. The van der Waals surface area contributed by atoms with Crippen LogP contribution in [0, 0.1) is 5.41 Å². The van der Waals surface area contributed by atoms with E-state index in [1.165, 1.54) is 37.7 Å². The van der Waals surface area contributed by atoms with E-state index in [2.05, 4.69) is 34.3 Å². The van der Waals surface area contributed by atoms with Crippen LogP contribution in [0.3, 0.4) is 0 Å². The van der Waals surface area contributed by atoms with E-state index in [0.29, 0.717) is 5.41 Å². The lowest BCUT2D eigenvalue weighted by atomic mass is 9.83. The fourth-order valence-corrected chi connectivity index (χ4v) is 1.17. The van der Waals surface area contributed by atoms with Gasteiger partial charge in [-0.1, -0.05) is 52.7 Å². The Morgan fingerprint density at radius 2 is 1.75 bits per heavy atom. The predicted octanol–water partition coefficient (Wildman–Crippen LogP) is 4.56. The molecule has 0 rings (SSSR count). The van der Waals surface area contributed by atoms with Gasteiger partial charge < -0.3 is 0 Å². The van der Waals surface area contributed by atoms with E-state index in [1.807, 2.05) is 0 Å². The average Bonchev–Trinajstić information content (AvgIpc) is 2.02. The van der Waals surface area contributed by atoms with Crippen LogP contribution in [0.5, 0.6) is 0 Å². The summed E-state index contributed by atoms with van der Waals surface area (Å²) >= 11 is 0. The van der Waals surface area contributed by atoms with Crippen LogP contribution in [-0.4, -0.2) is 0 Å². The molecule has 0 spiro atoms. The van der Waals surface area contributed by atoms with Gasteiger partial charge in [-0.2, -0.15) is 0 Å². The van der Waals surface area contributed by atoms with Gasteiger partial charge in [0.1, 0.15) is 0 Å². The van der Waals surface area contributed by atoms with Gasteiger partial charge in [-0.3, -0.25) is 0 Å². The van der Waals surface area contributed by atoms with Crippen molar-refractivity contribution in [3.8, 4) is 0 Å². The number of hydrogen-bond donors (Lipinski definition) is 0. The zero-order valence-corrected chi connectivity index (χ0v) is 9.24. The van der Waals surface area contributed by atoms with E-state index >= 15 is 0 Å². The molecule has 0 aromatic carbocycles. The molecule has 0 bridgehead atoms. The molecule has 0 aliphatic heterocycles. The second-order valence-electron chi connectivity index (χ2n) is 4.52. The van der Waals surface area contributed by atoms with Gasteiger partial charge in [0, 0.05) is 0 Å². The minimum Gasteiger partial charge on any atom is -0.0999 e. The van der Waals surface area contributed by atoms with Gasteiger partial charge in [0.25, 0.3) is 0 Å². The van der Waals surface area contributed by atoms with Crippen molar-refractivity contribution in [3.63, 3.8) is 0 Å². The van der Waals surface area contributed by atoms with E-state index < -0.39 is 0 Å². The third-order valence-electron chi connectivity index (χ3n) is 2.72. The lowest BCUT2D eigenvalue weighted by Gasteiger charge is -2.22. The highest BCUT2D eigenvalue weighted by Gasteiger charge is 2.14. The van der Waals surface area contributed by atoms with Gasteiger partial charge >= 0.3 is 0 Å². The van der Waals surface area contributed by atoms with Crippen molar-refractivity contribution in [2.75, 3.05) is 0 Å². The molecule has 0 fully saturated rings. The maximum Gasteiger partial charge on any atom is -0.0318 e. The highest BCUT2D eigenvalue weighted by molar-refractivity contribution is 4.94.